The minimum absolute atomic E-state index is 0.165. The second kappa shape index (κ2) is 3.37. The average Bonchev–Trinajstić information content (AvgIpc) is 1.98. The molecule has 0 atom stereocenters. The number of halogens is 3. The fourth-order valence-corrected chi connectivity index (χ4v) is 1.41. The Morgan fingerprint density at radius 2 is 1.62 bits per heavy atom. The van der Waals surface area contributed by atoms with Gasteiger partial charge in [0.05, 0.1) is 4.47 Å². The van der Waals surface area contributed by atoms with E-state index in [2.05, 4.69) is 15.9 Å². The summed E-state index contributed by atoms with van der Waals surface area (Å²) < 4.78 is 26.6. The second-order valence-electron chi connectivity index (χ2n) is 3.97. The molecule has 0 heterocycles. The third-order valence-electron chi connectivity index (χ3n) is 1.84. The number of rotatable bonds is 0. The minimum Gasteiger partial charge on any atom is -0.203 e. The van der Waals surface area contributed by atoms with Crippen molar-refractivity contribution in [3.05, 3.63) is 33.8 Å². The van der Waals surface area contributed by atoms with Gasteiger partial charge in [-0.1, -0.05) is 26.8 Å². The van der Waals surface area contributed by atoms with Crippen LogP contribution in [0.25, 0.3) is 0 Å². The monoisotopic (exact) mass is 248 g/mol. The molecule has 0 saturated carbocycles. The Bertz CT molecular complexity index is 326. The fourth-order valence-electron chi connectivity index (χ4n) is 1.11. The van der Waals surface area contributed by atoms with E-state index in [1.807, 2.05) is 20.8 Å². The number of hydrogen-bond acceptors (Lipinski definition) is 0. The molecule has 0 bridgehead atoms. The van der Waals surface area contributed by atoms with Crippen molar-refractivity contribution in [1.82, 2.24) is 0 Å². The fraction of sp³-hybridized carbons (Fsp3) is 0.400. The molecule has 3 heteroatoms. The van der Waals surface area contributed by atoms with Gasteiger partial charge in [-0.2, -0.15) is 0 Å². The van der Waals surface area contributed by atoms with Crippen LogP contribution in [0, 0.1) is 11.6 Å². The van der Waals surface area contributed by atoms with E-state index in [0.29, 0.717) is 5.56 Å². The molecule has 1 aromatic carbocycles. The zero-order valence-corrected chi connectivity index (χ0v) is 9.37. The Hall–Kier alpha value is -0.440. The summed E-state index contributed by atoms with van der Waals surface area (Å²) in [5.74, 6) is -1.57. The van der Waals surface area contributed by atoms with E-state index in [0.717, 1.165) is 0 Å². The SMILES string of the molecule is CC(C)(C)c1ccc(Br)c(F)c1F. The Labute approximate surface area is 85.1 Å². The first-order valence-electron chi connectivity index (χ1n) is 3.98. The maximum Gasteiger partial charge on any atom is 0.173 e. The Morgan fingerprint density at radius 1 is 1.08 bits per heavy atom. The normalized spacial score (nSPS) is 11.8. The highest BCUT2D eigenvalue weighted by atomic mass is 79.9. The van der Waals surface area contributed by atoms with Gasteiger partial charge in [0.15, 0.2) is 11.6 Å². The molecule has 0 aromatic heterocycles. The standard InChI is InChI=1S/C10H11BrF2/c1-10(2,3)6-4-5-7(11)9(13)8(6)12/h4-5H,1-3H3. The first-order chi connectivity index (χ1) is 5.84. The van der Waals surface area contributed by atoms with Gasteiger partial charge in [-0.25, -0.2) is 8.78 Å². The molecular formula is C10H11BrF2. The molecule has 0 spiro atoms. The van der Waals surface area contributed by atoms with Crippen LogP contribution in [0.4, 0.5) is 8.78 Å². The lowest BCUT2D eigenvalue weighted by molar-refractivity contribution is 0.462. The molecule has 1 aromatic rings. The molecule has 0 saturated heterocycles. The maximum atomic E-state index is 13.4. The van der Waals surface area contributed by atoms with Crippen LogP contribution < -0.4 is 0 Å². The molecule has 0 aliphatic rings. The molecular weight excluding hydrogens is 238 g/mol. The molecule has 0 nitrogen and oxygen atoms in total. The largest absolute Gasteiger partial charge is 0.203 e. The van der Waals surface area contributed by atoms with Gasteiger partial charge in [0.25, 0.3) is 0 Å². The van der Waals surface area contributed by atoms with Crippen molar-refractivity contribution >= 4 is 15.9 Å². The van der Waals surface area contributed by atoms with Gasteiger partial charge < -0.3 is 0 Å². The third-order valence-corrected chi connectivity index (χ3v) is 2.46. The van der Waals surface area contributed by atoms with Crippen molar-refractivity contribution in [3.63, 3.8) is 0 Å². The third kappa shape index (κ3) is 2.08. The van der Waals surface area contributed by atoms with Crippen LogP contribution in [0.3, 0.4) is 0 Å². The molecule has 0 unspecified atom stereocenters. The summed E-state index contributed by atoms with van der Waals surface area (Å²) in [6.45, 7) is 5.54. The first kappa shape index (κ1) is 10.6. The number of hydrogen-bond donors (Lipinski definition) is 0. The van der Waals surface area contributed by atoms with Gasteiger partial charge in [0.2, 0.25) is 0 Å². The van der Waals surface area contributed by atoms with E-state index in [1.54, 1.807) is 6.07 Å². The summed E-state index contributed by atoms with van der Waals surface area (Å²) in [5.41, 5.74) is 0.0271. The molecule has 0 radical (unpaired) electrons. The average molecular weight is 249 g/mol. The van der Waals surface area contributed by atoms with E-state index in [9.17, 15) is 8.78 Å². The van der Waals surface area contributed by atoms with Crippen LogP contribution in [0.1, 0.15) is 26.3 Å². The van der Waals surface area contributed by atoms with E-state index >= 15 is 0 Å². The van der Waals surface area contributed by atoms with Gasteiger partial charge in [0.1, 0.15) is 0 Å². The summed E-state index contributed by atoms with van der Waals surface area (Å²) in [7, 11) is 0. The molecule has 0 N–H and O–H groups in total. The quantitative estimate of drug-likeness (QED) is 0.609. The lowest BCUT2D eigenvalue weighted by Crippen LogP contribution is -2.14. The molecule has 13 heavy (non-hydrogen) atoms. The van der Waals surface area contributed by atoms with Crippen LogP contribution in [0.5, 0.6) is 0 Å². The molecule has 0 aliphatic carbocycles. The van der Waals surface area contributed by atoms with Gasteiger partial charge in [0, 0.05) is 0 Å². The Kier molecular flexibility index (Phi) is 2.76. The molecule has 0 amide bonds. The van der Waals surface area contributed by atoms with Gasteiger partial charge in [-0.3, -0.25) is 0 Å². The smallest absolute Gasteiger partial charge is 0.173 e. The topological polar surface area (TPSA) is 0 Å². The van der Waals surface area contributed by atoms with Gasteiger partial charge >= 0.3 is 0 Å². The van der Waals surface area contributed by atoms with Crippen LogP contribution in [-0.2, 0) is 5.41 Å². The first-order valence-corrected chi connectivity index (χ1v) is 4.77. The van der Waals surface area contributed by atoms with E-state index < -0.39 is 11.6 Å². The lowest BCUT2D eigenvalue weighted by Gasteiger charge is -2.20. The Morgan fingerprint density at radius 3 is 2.08 bits per heavy atom. The molecule has 0 fully saturated rings. The van der Waals surface area contributed by atoms with Crippen molar-refractivity contribution in [1.29, 1.82) is 0 Å². The van der Waals surface area contributed by atoms with E-state index in [4.69, 9.17) is 0 Å². The molecule has 0 aliphatic heterocycles. The maximum absolute atomic E-state index is 13.4. The van der Waals surface area contributed by atoms with Crippen molar-refractivity contribution in [2.75, 3.05) is 0 Å². The summed E-state index contributed by atoms with van der Waals surface area (Å²) >= 11 is 2.93. The van der Waals surface area contributed by atoms with Crippen molar-refractivity contribution < 1.29 is 8.78 Å². The molecule has 1 rings (SSSR count). The highest BCUT2D eigenvalue weighted by Gasteiger charge is 2.21. The summed E-state index contributed by atoms with van der Waals surface area (Å²) in [4.78, 5) is 0. The van der Waals surface area contributed by atoms with Crippen molar-refractivity contribution in [3.8, 4) is 0 Å². The lowest BCUT2D eigenvalue weighted by atomic mass is 9.86. The summed E-state index contributed by atoms with van der Waals surface area (Å²) in [5, 5.41) is 0. The van der Waals surface area contributed by atoms with E-state index in [-0.39, 0.29) is 9.89 Å². The summed E-state index contributed by atoms with van der Waals surface area (Å²) in [6, 6.07) is 3.13. The highest BCUT2D eigenvalue weighted by molar-refractivity contribution is 9.10. The zero-order chi connectivity index (χ0) is 10.2. The summed E-state index contributed by atoms with van der Waals surface area (Å²) in [6.07, 6.45) is 0. The van der Waals surface area contributed by atoms with Crippen molar-refractivity contribution in [2.24, 2.45) is 0 Å². The second-order valence-corrected chi connectivity index (χ2v) is 4.83. The van der Waals surface area contributed by atoms with Crippen LogP contribution in [-0.4, -0.2) is 0 Å². The zero-order valence-electron chi connectivity index (χ0n) is 7.79. The van der Waals surface area contributed by atoms with Crippen LogP contribution in [0.15, 0.2) is 16.6 Å². The van der Waals surface area contributed by atoms with Gasteiger partial charge in [-0.15, -0.1) is 0 Å². The highest BCUT2D eigenvalue weighted by Crippen LogP contribution is 2.29. The van der Waals surface area contributed by atoms with Gasteiger partial charge in [-0.05, 0) is 33.0 Å². The van der Waals surface area contributed by atoms with Crippen LogP contribution >= 0.6 is 15.9 Å². The van der Waals surface area contributed by atoms with Crippen molar-refractivity contribution in [2.45, 2.75) is 26.2 Å². The van der Waals surface area contributed by atoms with E-state index in [1.165, 1.54) is 6.07 Å². The number of benzene rings is 1. The predicted octanol–water partition coefficient (Wildman–Crippen LogP) is 4.02. The van der Waals surface area contributed by atoms with Crippen LogP contribution in [0.2, 0.25) is 0 Å². The molecule has 72 valence electrons. The predicted molar refractivity (Wildman–Crippen MR) is 52.8 cm³/mol. The Balaban J connectivity index is 3.35. The minimum atomic E-state index is -0.813.